The van der Waals surface area contributed by atoms with Gasteiger partial charge in [0.2, 0.25) is 11.8 Å². The first kappa shape index (κ1) is 18.3. The topological polar surface area (TPSA) is 58.6 Å². The summed E-state index contributed by atoms with van der Waals surface area (Å²) >= 11 is 5.90. The van der Waals surface area contributed by atoms with Gasteiger partial charge in [0.05, 0.1) is 19.1 Å². The lowest BCUT2D eigenvalue weighted by atomic mass is 10.1. The molecule has 0 bridgehead atoms. The van der Waals surface area contributed by atoms with Crippen LogP contribution in [0.4, 0.5) is 5.69 Å². The van der Waals surface area contributed by atoms with Gasteiger partial charge in [-0.2, -0.15) is 0 Å². The molecule has 0 aromatic heterocycles. The number of nitrogens with zero attached hydrogens (tertiary/aromatic N) is 1. The molecule has 0 spiro atoms. The Kier molecular flexibility index (Phi) is 5.47. The fourth-order valence-electron chi connectivity index (χ4n) is 3.08. The fraction of sp³-hybridized carbons (Fsp3) is 0.300. The minimum atomic E-state index is -0.372. The number of carbonyl (C=O) groups excluding carboxylic acids is 2. The summed E-state index contributed by atoms with van der Waals surface area (Å²) in [6.07, 6.45) is 0.205. The second kappa shape index (κ2) is 7.79. The van der Waals surface area contributed by atoms with Crippen molar-refractivity contribution in [3.8, 4) is 5.75 Å². The molecule has 6 heteroatoms. The molecule has 1 saturated heterocycles. The van der Waals surface area contributed by atoms with Gasteiger partial charge in [-0.25, -0.2) is 0 Å². The second-order valence-electron chi connectivity index (χ2n) is 6.39. The molecule has 136 valence electrons. The highest BCUT2D eigenvalue weighted by molar-refractivity contribution is 6.30. The number of rotatable bonds is 5. The summed E-state index contributed by atoms with van der Waals surface area (Å²) < 4.78 is 5.21. The van der Waals surface area contributed by atoms with Crippen LogP contribution in [0.15, 0.2) is 48.5 Å². The second-order valence-corrected chi connectivity index (χ2v) is 6.83. The van der Waals surface area contributed by atoms with E-state index in [1.807, 2.05) is 37.3 Å². The van der Waals surface area contributed by atoms with Crippen molar-refractivity contribution < 1.29 is 14.3 Å². The van der Waals surface area contributed by atoms with E-state index in [2.05, 4.69) is 5.32 Å². The Morgan fingerprint density at radius 2 is 2.00 bits per heavy atom. The molecule has 0 radical (unpaired) electrons. The van der Waals surface area contributed by atoms with E-state index in [1.165, 1.54) is 0 Å². The number of halogens is 1. The number of carbonyl (C=O) groups is 2. The van der Waals surface area contributed by atoms with Crippen molar-refractivity contribution in [2.45, 2.75) is 19.4 Å². The van der Waals surface area contributed by atoms with Crippen molar-refractivity contribution >= 4 is 29.1 Å². The molecule has 0 unspecified atom stereocenters. The van der Waals surface area contributed by atoms with Crippen molar-refractivity contribution in [3.05, 3.63) is 59.1 Å². The van der Waals surface area contributed by atoms with Crippen LogP contribution in [0.5, 0.6) is 5.75 Å². The maximum atomic E-state index is 12.6. The third-order valence-electron chi connectivity index (χ3n) is 4.59. The lowest BCUT2D eigenvalue weighted by Crippen LogP contribution is -2.34. The zero-order chi connectivity index (χ0) is 18.7. The van der Waals surface area contributed by atoms with Crippen LogP contribution in [-0.2, 0) is 9.59 Å². The molecule has 3 rings (SSSR count). The van der Waals surface area contributed by atoms with Crippen LogP contribution in [0.3, 0.4) is 0 Å². The molecule has 2 aromatic rings. The lowest BCUT2D eigenvalue weighted by molar-refractivity contribution is -0.126. The SMILES string of the molecule is COc1cccc(N2C[C@H](C(=O)N[C@@H](C)c3ccc(Cl)cc3)CC2=O)c1. The maximum Gasteiger partial charge on any atom is 0.227 e. The molecule has 1 aliphatic rings. The van der Waals surface area contributed by atoms with Gasteiger partial charge in [-0.15, -0.1) is 0 Å². The third-order valence-corrected chi connectivity index (χ3v) is 4.84. The van der Waals surface area contributed by atoms with Gasteiger partial charge in [0.25, 0.3) is 0 Å². The zero-order valence-electron chi connectivity index (χ0n) is 14.7. The van der Waals surface area contributed by atoms with E-state index < -0.39 is 0 Å². The van der Waals surface area contributed by atoms with Crippen LogP contribution in [0.25, 0.3) is 0 Å². The van der Waals surface area contributed by atoms with Crippen molar-refractivity contribution in [1.82, 2.24) is 5.32 Å². The Labute approximate surface area is 157 Å². The molecule has 5 nitrogen and oxygen atoms in total. The molecule has 1 N–H and O–H groups in total. The molecule has 2 atom stereocenters. The van der Waals surface area contributed by atoms with Gasteiger partial charge in [0.15, 0.2) is 0 Å². The van der Waals surface area contributed by atoms with Crippen LogP contribution in [0.1, 0.15) is 24.9 Å². The summed E-state index contributed by atoms with van der Waals surface area (Å²) in [6.45, 7) is 2.28. The normalized spacial score (nSPS) is 17.9. The standard InChI is InChI=1S/C20H21ClN2O3/c1-13(14-6-8-16(21)9-7-14)22-20(25)15-10-19(24)23(12-15)17-4-3-5-18(11-17)26-2/h3-9,11,13,15H,10,12H2,1-2H3,(H,22,25)/t13-,15+/m0/s1. The highest BCUT2D eigenvalue weighted by Crippen LogP contribution is 2.28. The van der Waals surface area contributed by atoms with Crippen LogP contribution in [-0.4, -0.2) is 25.5 Å². The molecule has 26 heavy (non-hydrogen) atoms. The minimum Gasteiger partial charge on any atom is -0.497 e. The maximum absolute atomic E-state index is 12.6. The summed E-state index contributed by atoms with van der Waals surface area (Å²) in [7, 11) is 1.58. The first-order valence-electron chi connectivity index (χ1n) is 8.48. The van der Waals surface area contributed by atoms with Gasteiger partial charge < -0.3 is 15.0 Å². The van der Waals surface area contributed by atoms with E-state index in [4.69, 9.17) is 16.3 Å². The quantitative estimate of drug-likeness (QED) is 0.872. The average molecular weight is 373 g/mol. The highest BCUT2D eigenvalue weighted by Gasteiger charge is 2.35. The van der Waals surface area contributed by atoms with Crippen LogP contribution in [0.2, 0.25) is 5.02 Å². The van der Waals surface area contributed by atoms with E-state index >= 15 is 0 Å². The van der Waals surface area contributed by atoms with Gasteiger partial charge in [0.1, 0.15) is 5.75 Å². The molecule has 2 aromatic carbocycles. The third kappa shape index (κ3) is 3.99. The van der Waals surface area contributed by atoms with Crippen LogP contribution < -0.4 is 15.0 Å². The van der Waals surface area contributed by atoms with Crippen molar-refractivity contribution in [2.24, 2.45) is 5.92 Å². The van der Waals surface area contributed by atoms with Gasteiger partial charge in [-0.1, -0.05) is 29.8 Å². The molecule has 1 aliphatic heterocycles. The predicted molar refractivity (Wildman–Crippen MR) is 101 cm³/mol. The first-order valence-corrected chi connectivity index (χ1v) is 8.86. The van der Waals surface area contributed by atoms with Crippen LogP contribution in [0, 0.1) is 5.92 Å². The number of nitrogens with one attached hydrogen (secondary N) is 1. The minimum absolute atomic E-state index is 0.0578. The Morgan fingerprint density at radius 3 is 2.69 bits per heavy atom. The fourth-order valence-corrected chi connectivity index (χ4v) is 3.20. The van der Waals surface area contributed by atoms with Crippen molar-refractivity contribution in [3.63, 3.8) is 0 Å². The van der Waals surface area contributed by atoms with Gasteiger partial charge in [0, 0.05) is 29.7 Å². The van der Waals surface area contributed by atoms with E-state index in [9.17, 15) is 9.59 Å². The molecule has 1 heterocycles. The Hall–Kier alpha value is -2.53. The van der Waals surface area contributed by atoms with Crippen LogP contribution >= 0.6 is 11.6 Å². The summed E-state index contributed by atoms with van der Waals surface area (Å²) in [5.74, 6) is 0.131. The molecular weight excluding hydrogens is 352 g/mol. The smallest absolute Gasteiger partial charge is 0.227 e. The Morgan fingerprint density at radius 1 is 1.27 bits per heavy atom. The number of ether oxygens (including phenoxy) is 1. The van der Waals surface area contributed by atoms with E-state index in [0.717, 1.165) is 11.3 Å². The molecule has 0 saturated carbocycles. The molecule has 2 amide bonds. The largest absolute Gasteiger partial charge is 0.497 e. The Balaban J connectivity index is 1.65. The number of hydrogen-bond acceptors (Lipinski definition) is 3. The summed E-state index contributed by atoms with van der Waals surface area (Å²) in [6, 6.07) is 14.5. The van der Waals surface area contributed by atoms with Gasteiger partial charge in [-0.05, 0) is 36.8 Å². The molecular formula is C20H21ClN2O3. The van der Waals surface area contributed by atoms with Crippen molar-refractivity contribution in [1.29, 1.82) is 0 Å². The van der Waals surface area contributed by atoms with E-state index in [-0.39, 0.29) is 30.2 Å². The highest BCUT2D eigenvalue weighted by atomic mass is 35.5. The molecule has 0 aliphatic carbocycles. The lowest BCUT2D eigenvalue weighted by Gasteiger charge is -2.19. The number of methoxy groups -OCH3 is 1. The monoisotopic (exact) mass is 372 g/mol. The van der Waals surface area contributed by atoms with Gasteiger partial charge >= 0.3 is 0 Å². The van der Waals surface area contributed by atoms with Crippen molar-refractivity contribution in [2.75, 3.05) is 18.6 Å². The van der Waals surface area contributed by atoms with E-state index in [1.54, 1.807) is 30.2 Å². The summed E-state index contributed by atoms with van der Waals surface area (Å²) in [4.78, 5) is 26.6. The number of anilines is 1. The number of hydrogen-bond donors (Lipinski definition) is 1. The number of benzene rings is 2. The van der Waals surface area contributed by atoms with E-state index in [0.29, 0.717) is 17.3 Å². The molecule has 1 fully saturated rings. The first-order chi connectivity index (χ1) is 12.5. The summed E-state index contributed by atoms with van der Waals surface area (Å²) in [5, 5.41) is 3.64. The summed E-state index contributed by atoms with van der Waals surface area (Å²) in [5.41, 5.74) is 1.71. The Bertz CT molecular complexity index is 807. The predicted octanol–water partition coefficient (Wildman–Crippen LogP) is 3.58. The average Bonchev–Trinajstić information content (AvgIpc) is 3.04. The zero-order valence-corrected chi connectivity index (χ0v) is 15.5. The number of amides is 2. The van der Waals surface area contributed by atoms with Gasteiger partial charge in [-0.3, -0.25) is 9.59 Å².